The first-order valence-corrected chi connectivity index (χ1v) is 9.36. The molecule has 2 rings (SSSR count). The van der Waals surface area contributed by atoms with E-state index in [1.807, 2.05) is 6.07 Å². The Hall–Kier alpha value is 0.200. The molecule has 0 unspecified atom stereocenters. The lowest BCUT2D eigenvalue weighted by molar-refractivity contribution is 0.193. The van der Waals surface area contributed by atoms with Gasteiger partial charge >= 0.3 is 0 Å². The van der Waals surface area contributed by atoms with Crippen LogP contribution in [0.5, 0.6) is 0 Å². The van der Waals surface area contributed by atoms with Gasteiger partial charge in [-0.3, -0.25) is 0 Å². The van der Waals surface area contributed by atoms with Crippen LogP contribution in [0.2, 0.25) is 8.67 Å². The summed E-state index contributed by atoms with van der Waals surface area (Å²) >= 11 is 13.8. The van der Waals surface area contributed by atoms with Crippen molar-refractivity contribution in [1.29, 1.82) is 0 Å². The van der Waals surface area contributed by atoms with E-state index in [1.165, 1.54) is 55.4 Å². The molecule has 0 radical (unpaired) electrons. The van der Waals surface area contributed by atoms with Crippen molar-refractivity contribution in [2.24, 2.45) is 5.41 Å². The van der Waals surface area contributed by atoms with Crippen LogP contribution in [-0.4, -0.2) is 26.8 Å². The lowest BCUT2D eigenvalue weighted by Crippen LogP contribution is -2.27. The van der Waals surface area contributed by atoms with Gasteiger partial charge in [0.2, 0.25) is 0 Å². The first-order chi connectivity index (χ1) is 10.2. The SMILES string of the molecule is COCCNCCC1(CCc2cc(Cl)sc2Cl)CCCC1. The Morgan fingerprint density at radius 2 is 2.00 bits per heavy atom. The van der Waals surface area contributed by atoms with Crippen molar-refractivity contribution < 1.29 is 4.74 Å². The highest BCUT2D eigenvalue weighted by molar-refractivity contribution is 7.20. The average molecular weight is 350 g/mol. The molecule has 1 heterocycles. The number of hydrogen-bond acceptors (Lipinski definition) is 3. The lowest BCUT2D eigenvalue weighted by Gasteiger charge is -2.29. The van der Waals surface area contributed by atoms with Gasteiger partial charge in [0.05, 0.1) is 15.3 Å². The van der Waals surface area contributed by atoms with Gasteiger partial charge in [-0.05, 0) is 55.7 Å². The Labute approximate surface area is 142 Å². The molecule has 0 bridgehead atoms. The van der Waals surface area contributed by atoms with Gasteiger partial charge in [0, 0.05) is 13.7 Å². The molecule has 5 heteroatoms. The number of aryl methyl sites for hydroxylation is 1. The fourth-order valence-corrected chi connectivity index (χ4v) is 4.89. The number of ether oxygens (including phenoxy) is 1. The van der Waals surface area contributed by atoms with Crippen LogP contribution >= 0.6 is 34.5 Å². The standard InChI is InChI=1S/C16H25Cl2NOS/c1-20-11-10-19-9-8-16(5-2-3-6-16)7-4-13-12-14(17)21-15(13)18/h12,19H,2-11H2,1H3. The van der Waals surface area contributed by atoms with Gasteiger partial charge in [-0.1, -0.05) is 36.0 Å². The first-order valence-electron chi connectivity index (χ1n) is 7.79. The van der Waals surface area contributed by atoms with Crippen LogP contribution in [-0.2, 0) is 11.2 Å². The molecule has 120 valence electrons. The second kappa shape index (κ2) is 8.73. The minimum atomic E-state index is 0.498. The molecular formula is C16H25Cl2NOS. The van der Waals surface area contributed by atoms with Gasteiger partial charge < -0.3 is 10.1 Å². The average Bonchev–Trinajstić information content (AvgIpc) is 3.04. The zero-order valence-corrected chi connectivity index (χ0v) is 15.0. The topological polar surface area (TPSA) is 21.3 Å². The van der Waals surface area contributed by atoms with Crippen LogP contribution in [0.25, 0.3) is 0 Å². The molecule has 1 aromatic heterocycles. The molecular weight excluding hydrogens is 325 g/mol. The van der Waals surface area contributed by atoms with Crippen molar-refractivity contribution in [2.75, 3.05) is 26.8 Å². The summed E-state index contributed by atoms with van der Waals surface area (Å²) in [7, 11) is 1.75. The number of methoxy groups -OCH3 is 1. The van der Waals surface area contributed by atoms with Crippen LogP contribution < -0.4 is 5.32 Å². The Kier molecular flexibility index (Phi) is 7.30. The monoisotopic (exact) mass is 349 g/mol. The zero-order chi connectivity index (χ0) is 15.1. The minimum Gasteiger partial charge on any atom is -0.383 e. The molecule has 1 fully saturated rings. The van der Waals surface area contributed by atoms with E-state index < -0.39 is 0 Å². The maximum absolute atomic E-state index is 6.25. The Bertz CT molecular complexity index is 430. The lowest BCUT2D eigenvalue weighted by atomic mass is 9.78. The summed E-state index contributed by atoms with van der Waals surface area (Å²) in [6, 6.07) is 2.04. The summed E-state index contributed by atoms with van der Waals surface area (Å²) in [5.41, 5.74) is 1.72. The largest absolute Gasteiger partial charge is 0.383 e. The molecule has 0 atom stereocenters. The van der Waals surface area contributed by atoms with Crippen LogP contribution in [0.4, 0.5) is 0 Å². The van der Waals surface area contributed by atoms with Crippen LogP contribution in [0, 0.1) is 5.41 Å². The van der Waals surface area contributed by atoms with Crippen LogP contribution in [0.1, 0.15) is 44.1 Å². The number of halogens is 2. The van der Waals surface area contributed by atoms with E-state index in [1.54, 1.807) is 7.11 Å². The molecule has 0 saturated heterocycles. The normalized spacial score (nSPS) is 17.5. The highest BCUT2D eigenvalue weighted by atomic mass is 35.5. The van der Waals surface area contributed by atoms with Gasteiger partial charge in [0.25, 0.3) is 0 Å². The van der Waals surface area contributed by atoms with Crippen molar-refractivity contribution in [3.63, 3.8) is 0 Å². The number of thiophene rings is 1. The number of hydrogen-bond donors (Lipinski definition) is 1. The third kappa shape index (κ3) is 5.40. The van der Waals surface area contributed by atoms with Crippen molar-refractivity contribution in [3.05, 3.63) is 20.3 Å². The molecule has 1 aromatic rings. The van der Waals surface area contributed by atoms with Gasteiger partial charge in [-0.25, -0.2) is 0 Å². The fourth-order valence-electron chi connectivity index (χ4n) is 3.35. The molecule has 0 aromatic carbocycles. The Morgan fingerprint density at radius 1 is 1.24 bits per heavy atom. The quantitative estimate of drug-likeness (QED) is 0.620. The highest BCUT2D eigenvalue weighted by Gasteiger charge is 2.33. The van der Waals surface area contributed by atoms with E-state index in [2.05, 4.69) is 5.32 Å². The van der Waals surface area contributed by atoms with Crippen LogP contribution in [0.3, 0.4) is 0 Å². The van der Waals surface area contributed by atoms with Crippen molar-refractivity contribution in [2.45, 2.75) is 44.9 Å². The molecule has 1 aliphatic carbocycles. The second-order valence-electron chi connectivity index (χ2n) is 6.05. The van der Waals surface area contributed by atoms with Gasteiger partial charge in [-0.15, -0.1) is 11.3 Å². The molecule has 1 N–H and O–H groups in total. The predicted molar refractivity (Wildman–Crippen MR) is 92.9 cm³/mol. The summed E-state index contributed by atoms with van der Waals surface area (Å²) in [5.74, 6) is 0. The third-order valence-corrected chi connectivity index (χ3v) is 6.20. The zero-order valence-electron chi connectivity index (χ0n) is 12.7. The maximum Gasteiger partial charge on any atom is 0.0976 e. The maximum atomic E-state index is 6.25. The van der Waals surface area contributed by atoms with Crippen molar-refractivity contribution in [3.8, 4) is 0 Å². The molecule has 1 aliphatic rings. The fraction of sp³-hybridized carbons (Fsp3) is 0.750. The molecule has 1 saturated carbocycles. The van der Waals surface area contributed by atoms with E-state index in [4.69, 9.17) is 27.9 Å². The predicted octanol–water partition coefficient (Wildman–Crippen LogP) is 5.17. The molecule has 0 amide bonds. The van der Waals surface area contributed by atoms with Crippen molar-refractivity contribution in [1.82, 2.24) is 5.32 Å². The van der Waals surface area contributed by atoms with E-state index >= 15 is 0 Å². The molecule has 0 spiro atoms. The summed E-state index contributed by atoms with van der Waals surface area (Å²) in [6.45, 7) is 2.82. The van der Waals surface area contributed by atoms with E-state index in [0.717, 1.165) is 34.8 Å². The minimum absolute atomic E-state index is 0.498. The molecule has 21 heavy (non-hydrogen) atoms. The number of nitrogens with one attached hydrogen (secondary N) is 1. The molecule has 2 nitrogen and oxygen atoms in total. The van der Waals surface area contributed by atoms with Crippen molar-refractivity contribution >= 4 is 34.5 Å². The molecule has 0 aliphatic heterocycles. The van der Waals surface area contributed by atoms with Gasteiger partial charge in [-0.2, -0.15) is 0 Å². The summed E-state index contributed by atoms with van der Waals surface area (Å²) in [4.78, 5) is 0. The van der Waals surface area contributed by atoms with E-state index in [-0.39, 0.29) is 0 Å². The Balaban J connectivity index is 1.82. The highest BCUT2D eigenvalue weighted by Crippen LogP contribution is 2.45. The first kappa shape index (κ1) is 17.6. The van der Waals surface area contributed by atoms with E-state index in [9.17, 15) is 0 Å². The van der Waals surface area contributed by atoms with E-state index in [0.29, 0.717) is 5.41 Å². The summed E-state index contributed by atoms with van der Waals surface area (Å²) in [6.07, 6.45) is 8.99. The second-order valence-corrected chi connectivity index (χ2v) is 8.33. The summed E-state index contributed by atoms with van der Waals surface area (Å²) in [5, 5.41) is 3.48. The van der Waals surface area contributed by atoms with Gasteiger partial charge in [0.1, 0.15) is 0 Å². The number of rotatable bonds is 9. The van der Waals surface area contributed by atoms with Crippen LogP contribution in [0.15, 0.2) is 6.07 Å². The smallest absolute Gasteiger partial charge is 0.0976 e. The third-order valence-electron chi connectivity index (χ3n) is 4.63. The Morgan fingerprint density at radius 3 is 2.62 bits per heavy atom. The van der Waals surface area contributed by atoms with Gasteiger partial charge in [0.15, 0.2) is 0 Å². The summed E-state index contributed by atoms with van der Waals surface area (Å²) < 4.78 is 6.74.